The van der Waals surface area contributed by atoms with Gasteiger partial charge in [0, 0.05) is 16.1 Å². The van der Waals surface area contributed by atoms with Crippen molar-refractivity contribution in [3.05, 3.63) is 77.6 Å². The van der Waals surface area contributed by atoms with Crippen molar-refractivity contribution in [1.82, 2.24) is 9.88 Å². The molecule has 3 amide bonds. The average molecular weight is 585 g/mol. The van der Waals surface area contributed by atoms with E-state index in [2.05, 4.69) is 9.71 Å². The second-order valence-corrected chi connectivity index (χ2v) is 12.0. The van der Waals surface area contributed by atoms with Gasteiger partial charge in [0.2, 0.25) is 0 Å². The van der Waals surface area contributed by atoms with Gasteiger partial charge in [-0.2, -0.15) is 13.2 Å². The quantitative estimate of drug-likeness (QED) is 0.274. The van der Waals surface area contributed by atoms with E-state index in [4.69, 9.17) is 11.6 Å². The molecule has 0 unspecified atom stereocenters. The fraction of sp³-hybridized carbons (Fsp3) is 0.208. The number of amides is 3. The molecule has 8 nitrogen and oxygen atoms in total. The SMILES string of the molecule is CC1(C)C(=O)N(c2ccc(SC(F)(F)F)cc2)C(=O)N1Cc1ccncc1NS(=O)(=O)c1ccc(Cl)cc1. The average Bonchev–Trinajstić information content (AvgIpc) is 2.99. The monoisotopic (exact) mass is 584 g/mol. The number of imide groups is 1. The van der Waals surface area contributed by atoms with E-state index in [-0.39, 0.29) is 39.5 Å². The molecule has 1 aromatic heterocycles. The topological polar surface area (TPSA) is 99.7 Å². The van der Waals surface area contributed by atoms with Crippen molar-refractivity contribution < 1.29 is 31.2 Å². The maximum Gasteiger partial charge on any atom is 0.446 e. The predicted octanol–water partition coefficient (Wildman–Crippen LogP) is 5.90. The second-order valence-electron chi connectivity index (χ2n) is 8.70. The van der Waals surface area contributed by atoms with Crippen molar-refractivity contribution in [3.63, 3.8) is 0 Å². The number of alkyl halides is 3. The van der Waals surface area contributed by atoms with Crippen LogP contribution >= 0.6 is 23.4 Å². The summed E-state index contributed by atoms with van der Waals surface area (Å²) in [6.45, 7) is 2.90. The van der Waals surface area contributed by atoms with Gasteiger partial charge in [-0.3, -0.25) is 14.5 Å². The Balaban J connectivity index is 1.60. The molecular weight excluding hydrogens is 565 g/mol. The smallest absolute Gasteiger partial charge is 0.305 e. The number of sulfonamides is 1. The fourth-order valence-electron chi connectivity index (χ4n) is 3.77. The number of pyridine rings is 1. The molecule has 38 heavy (non-hydrogen) atoms. The summed E-state index contributed by atoms with van der Waals surface area (Å²) in [5.41, 5.74) is -5.24. The summed E-state index contributed by atoms with van der Waals surface area (Å²) in [6.07, 6.45) is 2.70. The highest BCUT2D eigenvalue weighted by Crippen LogP contribution is 2.39. The molecule has 1 aliphatic rings. The van der Waals surface area contributed by atoms with Gasteiger partial charge in [-0.25, -0.2) is 18.1 Å². The first-order valence-electron chi connectivity index (χ1n) is 10.9. The minimum Gasteiger partial charge on any atom is -0.305 e. The Labute approximate surface area is 225 Å². The number of nitrogens with zero attached hydrogens (tertiary/aromatic N) is 3. The number of anilines is 2. The number of carbonyl (C=O) groups excluding carboxylic acids is 2. The van der Waals surface area contributed by atoms with Crippen molar-refractivity contribution >= 4 is 56.7 Å². The van der Waals surface area contributed by atoms with Crippen LogP contribution in [-0.4, -0.2) is 41.3 Å². The summed E-state index contributed by atoms with van der Waals surface area (Å²) in [5, 5.41) is 0.365. The van der Waals surface area contributed by atoms with E-state index in [0.29, 0.717) is 10.6 Å². The van der Waals surface area contributed by atoms with Gasteiger partial charge in [0.05, 0.1) is 29.0 Å². The number of urea groups is 1. The van der Waals surface area contributed by atoms with E-state index in [9.17, 15) is 31.2 Å². The molecule has 0 saturated carbocycles. The van der Waals surface area contributed by atoms with Crippen molar-refractivity contribution in [3.8, 4) is 0 Å². The molecule has 0 atom stereocenters. The van der Waals surface area contributed by atoms with E-state index < -0.39 is 33.0 Å². The number of rotatable bonds is 7. The molecule has 0 radical (unpaired) electrons. The molecule has 1 fully saturated rings. The normalized spacial score (nSPS) is 15.7. The Morgan fingerprint density at radius 1 is 1.03 bits per heavy atom. The molecule has 14 heteroatoms. The summed E-state index contributed by atoms with van der Waals surface area (Å²) in [6, 6.07) is 11.2. The highest BCUT2D eigenvalue weighted by molar-refractivity contribution is 8.00. The Hall–Kier alpha value is -3.29. The zero-order chi connectivity index (χ0) is 27.9. The Kier molecular flexibility index (Phi) is 7.38. The predicted molar refractivity (Wildman–Crippen MR) is 137 cm³/mol. The zero-order valence-electron chi connectivity index (χ0n) is 19.9. The number of thioether (sulfide) groups is 1. The van der Waals surface area contributed by atoms with Gasteiger partial charge in [-0.05, 0) is 85.8 Å². The summed E-state index contributed by atoms with van der Waals surface area (Å²) >= 11 is 5.54. The van der Waals surface area contributed by atoms with Gasteiger partial charge < -0.3 is 4.90 Å². The van der Waals surface area contributed by atoms with Crippen molar-refractivity contribution in [1.29, 1.82) is 0 Å². The lowest BCUT2D eigenvalue weighted by molar-refractivity contribution is -0.123. The van der Waals surface area contributed by atoms with Gasteiger partial charge in [-0.1, -0.05) is 11.6 Å². The molecule has 3 aromatic rings. The van der Waals surface area contributed by atoms with Crippen LogP contribution in [0.3, 0.4) is 0 Å². The summed E-state index contributed by atoms with van der Waals surface area (Å²) in [7, 11) is -4.02. The van der Waals surface area contributed by atoms with Crippen LogP contribution in [0.1, 0.15) is 19.4 Å². The van der Waals surface area contributed by atoms with Gasteiger partial charge in [-0.15, -0.1) is 0 Å². The molecule has 1 saturated heterocycles. The number of benzene rings is 2. The van der Waals surface area contributed by atoms with Crippen LogP contribution in [-0.2, 0) is 21.4 Å². The molecular formula is C24H20ClF3N4O4S2. The Morgan fingerprint density at radius 2 is 1.66 bits per heavy atom. The summed E-state index contributed by atoms with van der Waals surface area (Å²) in [4.78, 5) is 32.6. The van der Waals surface area contributed by atoms with Gasteiger partial charge in [0.15, 0.2) is 0 Å². The number of hydrogen-bond donors (Lipinski definition) is 1. The Bertz CT molecular complexity index is 1480. The van der Waals surface area contributed by atoms with Crippen LogP contribution in [0.2, 0.25) is 5.02 Å². The maximum atomic E-state index is 13.4. The third kappa shape index (κ3) is 5.74. The van der Waals surface area contributed by atoms with Crippen molar-refractivity contribution in [2.75, 3.05) is 9.62 Å². The van der Waals surface area contributed by atoms with E-state index in [1.165, 1.54) is 85.7 Å². The number of nitrogens with one attached hydrogen (secondary N) is 1. The number of aromatic nitrogens is 1. The standard InChI is InChI=1S/C24H20ClF3N4O4S2/c1-23(2)21(33)32(17-5-7-18(8-6-17)37-24(26,27)28)22(34)31(23)14-15-11-12-29-13-20(15)30-38(35,36)19-9-3-16(25)4-10-19/h3-13,30H,14H2,1-2H3. The largest absolute Gasteiger partial charge is 0.446 e. The van der Waals surface area contributed by atoms with Crippen molar-refractivity contribution in [2.24, 2.45) is 0 Å². The van der Waals surface area contributed by atoms with Crippen LogP contribution in [0.15, 0.2) is 76.8 Å². The van der Waals surface area contributed by atoms with Crippen LogP contribution in [0.4, 0.5) is 29.3 Å². The van der Waals surface area contributed by atoms with Crippen molar-refractivity contribution in [2.45, 2.75) is 41.2 Å². The molecule has 0 bridgehead atoms. The fourth-order valence-corrected chi connectivity index (χ4v) is 5.52. The maximum absolute atomic E-state index is 13.4. The first-order chi connectivity index (χ1) is 17.7. The van der Waals surface area contributed by atoms with Gasteiger partial charge in [0.1, 0.15) is 5.54 Å². The van der Waals surface area contributed by atoms with E-state index in [0.717, 1.165) is 4.90 Å². The molecule has 0 spiro atoms. The molecule has 4 rings (SSSR count). The molecule has 1 N–H and O–H groups in total. The number of hydrogen-bond acceptors (Lipinski definition) is 6. The minimum absolute atomic E-state index is 0.0391. The first-order valence-corrected chi connectivity index (χ1v) is 13.6. The molecule has 0 aliphatic carbocycles. The number of carbonyl (C=O) groups is 2. The van der Waals surface area contributed by atoms with Crippen LogP contribution in [0.5, 0.6) is 0 Å². The van der Waals surface area contributed by atoms with E-state index in [1.807, 2.05) is 0 Å². The lowest BCUT2D eigenvalue weighted by Gasteiger charge is -2.28. The lowest BCUT2D eigenvalue weighted by Crippen LogP contribution is -2.43. The van der Waals surface area contributed by atoms with E-state index >= 15 is 0 Å². The third-order valence-electron chi connectivity index (χ3n) is 5.76. The molecule has 2 heterocycles. The van der Waals surface area contributed by atoms with E-state index in [1.54, 1.807) is 0 Å². The summed E-state index contributed by atoms with van der Waals surface area (Å²) < 4.78 is 66.2. The minimum atomic E-state index is -4.48. The number of halogens is 4. The first kappa shape index (κ1) is 27.7. The Morgan fingerprint density at radius 3 is 2.26 bits per heavy atom. The van der Waals surface area contributed by atoms with Gasteiger partial charge >= 0.3 is 11.5 Å². The van der Waals surface area contributed by atoms with Crippen LogP contribution < -0.4 is 9.62 Å². The molecule has 1 aliphatic heterocycles. The highest BCUT2D eigenvalue weighted by Gasteiger charge is 2.52. The molecule has 2 aromatic carbocycles. The lowest BCUT2D eigenvalue weighted by atomic mass is 10.0. The van der Waals surface area contributed by atoms with Crippen LogP contribution in [0, 0.1) is 0 Å². The van der Waals surface area contributed by atoms with Crippen LogP contribution in [0.25, 0.3) is 0 Å². The highest BCUT2D eigenvalue weighted by atomic mass is 35.5. The van der Waals surface area contributed by atoms with Gasteiger partial charge in [0.25, 0.3) is 15.9 Å². The molecule has 200 valence electrons. The third-order valence-corrected chi connectivity index (χ3v) is 8.13. The zero-order valence-corrected chi connectivity index (χ0v) is 22.2. The summed E-state index contributed by atoms with van der Waals surface area (Å²) in [5.74, 6) is -0.587. The second kappa shape index (κ2) is 10.1.